The summed E-state index contributed by atoms with van der Waals surface area (Å²) in [6.07, 6.45) is 2.84. The molecule has 1 aliphatic rings. The van der Waals surface area contributed by atoms with Gasteiger partial charge < -0.3 is 21.5 Å². The minimum Gasteiger partial charge on any atom is -0.478 e. The van der Waals surface area contributed by atoms with E-state index in [0.717, 1.165) is 6.42 Å². The zero-order chi connectivity index (χ0) is 13.1. The summed E-state index contributed by atoms with van der Waals surface area (Å²) in [6.45, 7) is 0.673. The molecular formula is C11H14N4O3. The highest BCUT2D eigenvalue weighted by molar-refractivity contribution is 5.94. The van der Waals surface area contributed by atoms with Gasteiger partial charge in [0.1, 0.15) is 11.9 Å². The van der Waals surface area contributed by atoms with Crippen LogP contribution in [-0.2, 0) is 4.79 Å². The third-order valence-electron chi connectivity index (χ3n) is 2.77. The SMILES string of the molecule is Nc1cnc(NC2CCCNC2=O)cc1C(=O)O. The molecule has 0 spiro atoms. The molecule has 0 aliphatic carbocycles. The van der Waals surface area contributed by atoms with Crippen molar-refractivity contribution in [3.8, 4) is 0 Å². The van der Waals surface area contributed by atoms with E-state index in [4.69, 9.17) is 10.8 Å². The first-order valence-corrected chi connectivity index (χ1v) is 5.61. The number of amides is 1. The summed E-state index contributed by atoms with van der Waals surface area (Å²) in [7, 11) is 0. The minimum absolute atomic E-state index is 0.0243. The Labute approximate surface area is 103 Å². The number of hydrogen-bond acceptors (Lipinski definition) is 5. The Morgan fingerprint density at radius 3 is 3.06 bits per heavy atom. The van der Waals surface area contributed by atoms with Crippen LogP contribution < -0.4 is 16.4 Å². The van der Waals surface area contributed by atoms with Gasteiger partial charge in [-0.1, -0.05) is 0 Å². The highest BCUT2D eigenvalue weighted by Crippen LogP contribution is 2.17. The Kier molecular flexibility index (Phi) is 3.31. The number of nitrogens with one attached hydrogen (secondary N) is 2. The number of anilines is 2. The Balaban J connectivity index is 2.16. The van der Waals surface area contributed by atoms with Crippen LogP contribution in [0.5, 0.6) is 0 Å². The molecule has 7 heteroatoms. The van der Waals surface area contributed by atoms with Crippen molar-refractivity contribution < 1.29 is 14.7 Å². The first-order chi connectivity index (χ1) is 8.58. The molecule has 96 valence electrons. The van der Waals surface area contributed by atoms with Crippen LogP contribution in [0.1, 0.15) is 23.2 Å². The summed E-state index contributed by atoms with van der Waals surface area (Å²) < 4.78 is 0. The molecule has 1 saturated heterocycles. The zero-order valence-corrected chi connectivity index (χ0v) is 9.64. The molecule has 1 aromatic rings. The number of piperidine rings is 1. The number of aromatic nitrogens is 1. The molecule has 1 unspecified atom stereocenters. The Hall–Kier alpha value is -2.31. The van der Waals surface area contributed by atoms with E-state index >= 15 is 0 Å². The Bertz CT molecular complexity index is 489. The largest absolute Gasteiger partial charge is 0.478 e. The average molecular weight is 250 g/mol. The maximum Gasteiger partial charge on any atom is 0.337 e. The predicted octanol–water partition coefficient (Wildman–Crippen LogP) is 0.0525. The van der Waals surface area contributed by atoms with Gasteiger partial charge >= 0.3 is 5.97 Å². The molecule has 1 fully saturated rings. The van der Waals surface area contributed by atoms with Gasteiger partial charge in [-0.05, 0) is 18.9 Å². The molecule has 0 aromatic carbocycles. The van der Waals surface area contributed by atoms with Crippen molar-refractivity contribution >= 4 is 23.4 Å². The van der Waals surface area contributed by atoms with Crippen molar-refractivity contribution in [1.82, 2.24) is 10.3 Å². The summed E-state index contributed by atoms with van der Waals surface area (Å²) in [5, 5.41) is 14.6. The van der Waals surface area contributed by atoms with Crippen LogP contribution in [0.2, 0.25) is 0 Å². The number of hydrogen-bond donors (Lipinski definition) is 4. The lowest BCUT2D eigenvalue weighted by atomic mass is 10.1. The number of nitrogen functional groups attached to an aromatic ring is 1. The second-order valence-corrected chi connectivity index (χ2v) is 4.09. The predicted molar refractivity (Wildman–Crippen MR) is 65.3 cm³/mol. The van der Waals surface area contributed by atoms with Crippen LogP contribution in [0.4, 0.5) is 11.5 Å². The molecular weight excluding hydrogens is 236 g/mol. The summed E-state index contributed by atoms with van der Waals surface area (Å²) in [5.41, 5.74) is 5.57. The van der Waals surface area contributed by atoms with Crippen molar-refractivity contribution in [3.63, 3.8) is 0 Å². The normalized spacial score (nSPS) is 19.1. The zero-order valence-electron chi connectivity index (χ0n) is 9.64. The van der Waals surface area contributed by atoms with Crippen molar-refractivity contribution in [2.45, 2.75) is 18.9 Å². The van der Waals surface area contributed by atoms with Gasteiger partial charge in [0.2, 0.25) is 5.91 Å². The summed E-state index contributed by atoms with van der Waals surface area (Å²) >= 11 is 0. The van der Waals surface area contributed by atoms with Gasteiger partial charge in [0.05, 0.1) is 17.4 Å². The molecule has 2 rings (SSSR count). The molecule has 0 bridgehead atoms. The molecule has 2 heterocycles. The monoisotopic (exact) mass is 250 g/mol. The summed E-state index contributed by atoms with van der Waals surface area (Å²) in [4.78, 5) is 26.4. The molecule has 1 aliphatic heterocycles. The molecule has 1 aromatic heterocycles. The highest BCUT2D eigenvalue weighted by atomic mass is 16.4. The van der Waals surface area contributed by atoms with E-state index in [1.54, 1.807) is 0 Å². The van der Waals surface area contributed by atoms with Gasteiger partial charge in [0.25, 0.3) is 0 Å². The number of nitrogens with two attached hydrogens (primary N) is 1. The highest BCUT2D eigenvalue weighted by Gasteiger charge is 2.22. The smallest absolute Gasteiger partial charge is 0.337 e. The van der Waals surface area contributed by atoms with Crippen molar-refractivity contribution in [3.05, 3.63) is 17.8 Å². The Morgan fingerprint density at radius 1 is 1.61 bits per heavy atom. The van der Waals surface area contributed by atoms with Crippen LogP contribution in [0.25, 0.3) is 0 Å². The number of carboxylic acids is 1. The third kappa shape index (κ3) is 2.50. The van der Waals surface area contributed by atoms with Crippen molar-refractivity contribution in [2.24, 2.45) is 0 Å². The fourth-order valence-corrected chi connectivity index (χ4v) is 1.82. The van der Waals surface area contributed by atoms with Crippen LogP contribution in [0.15, 0.2) is 12.3 Å². The maximum atomic E-state index is 11.5. The number of nitrogens with zero attached hydrogens (tertiary/aromatic N) is 1. The third-order valence-corrected chi connectivity index (χ3v) is 2.77. The van der Waals surface area contributed by atoms with E-state index < -0.39 is 5.97 Å². The maximum absolute atomic E-state index is 11.5. The average Bonchev–Trinajstić information content (AvgIpc) is 2.34. The standard InChI is InChI=1S/C11H14N4O3/c12-7-5-14-9(4-6(7)11(17)18)15-8-2-1-3-13-10(8)16/h4-5,8H,1-3,12H2,(H,13,16)(H,14,15)(H,17,18). The quantitative estimate of drug-likeness (QED) is 0.602. The molecule has 5 N–H and O–H groups in total. The number of rotatable bonds is 3. The fourth-order valence-electron chi connectivity index (χ4n) is 1.82. The van der Waals surface area contributed by atoms with Crippen LogP contribution in [0, 0.1) is 0 Å². The van der Waals surface area contributed by atoms with E-state index in [-0.39, 0.29) is 23.2 Å². The van der Waals surface area contributed by atoms with Crippen LogP contribution in [0.3, 0.4) is 0 Å². The first kappa shape index (κ1) is 12.2. The molecule has 1 amide bonds. The number of carbonyl (C=O) groups is 2. The van der Waals surface area contributed by atoms with Gasteiger partial charge in [-0.2, -0.15) is 0 Å². The van der Waals surface area contributed by atoms with Gasteiger partial charge in [-0.15, -0.1) is 0 Å². The summed E-state index contributed by atoms with van der Waals surface area (Å²) in [5.74, 6) is -0.883. The number of carbonyl (C=O) groups excluding carboxylic acids is 1. The minimum atomic E-state index is -1.12. The van der Waals surface area contributed by atoms with E-state index in [9.17, 15) is 9.59 Å². The van der Waals surface area contributed by atoms with Crippen molar-refractivity contribution in [2.75, 3.05) is 17.6 Å². The van der Waals surface area contributed by atoms with Crippen molar-refractivity contribution in [1.29, 1.82) is 0 Å². The Morgan fingerprint density at radius 2 is 2.39 bits per heavy atom. The fraction of sp³-hybridized carbons (Fsp3) is 0.364. The number of carboxylic acid groups (broad SMARTS) is 1. The molecule has 7 nitrogen and oxygen atoms in total. The van der Waals surface area contributed by atoms with Gasteiger partial charge in [0, 0.05) is 6.54 Å². The lowest BCUT2D eigenvalue weighted by molar-refractivity contribution is -0.123. The van der Waals surface area contributed by atoms with E-state index in [1.165, 1.54) is 12.3 Å². The lowest BCUT2D eigenvalue weighted by Crippen LogP contribution is -2.44. The van der Waals surface area contributed by atoms with E-state index in [1.807, 2.05) is 0 Å². The van der Waals surface area contributed by atoms with E-state index in [0.29, 0.717) is 18.8 Å². The van der Waals surface area contributed by atoms with Gasteiger partial charge in [-0.3, -0.25) is 4.79 Å². The molecule has 0 saturated carbocycles. The first-order valence-electron chi connectivity index (χ1n) is 5.61. The lowest BCUT2D eigenvalue weighted by Gasteiger charge is -2.23. The number of pyridine rings is 1. The topological polar surface area (TPSA) is 117 Å². The molecule has 1 atom stereocenters. The van der Waals surface area contributed by atoms with E-state index in [2.05, 4.69) is 15.6 Å². The number of aromatic carboxylic acids is 1. The second kappa shape index (κ2) is 4.91. The summed E-state index contributed by atoms with van der Waals surface area (Å²) in [6, 6.07) is 0.955. The molecule has 0 radical (unpaired) electrons. The second-order valence-electron chi connectivity index (χ2n) is 4.09. The van der Waals surface area contributed by atoms with Crippen LogP contribution >= 0.6 is 0 Å². The van der Waals surface area contributed by atoms with Gasteiger partial charge in [0.15, 0.2) is 0 Å². The molecule has 18 heavy (non-hydrogen) atoms. The van der Waals surface area contributed by atoms with Gasteiger partial charge in [-0.25, -0.2) is 9.78 Å². The van der Waals surface area contributed by atoms with Crippen LogP contribution in [-0.4, -0.2) is 34.6 Å².